The van der Waals surface area contributed by atoms with E-state index in [0.29, 0.717) is 13.0 Å². The molecule has 0 aliphatic rings. The van der Waals surface area contributed by atoms with Crippen LogP contribution in [0.3, 0.4) is 0 Å². The van der Waals surface area contributed by atoms with E-state index >= 15 is 0 Å². The van der Waals surface area contributed by atoms with Crippen LogP contribution in [0, 0.1) is 6.92 Å². The summed E-state index contributed by atoms with van der Waals surface area (Å²) in [7, 11) is 3.70. The number of likely N-dealkylation sites (N-methyl/N-ethyl adjacent to an activating group) is 1. The summed E-state index contributed by atoms with van der Waals surface area (Å²) in [5, 5.41) is 11.4. The van der Waals surface area contributed by atoms with Gasteiger partial charge in [-0.3, -0.25) is 14.5 Å². The minimum absolute atomic E-state index is 0.0668. The molecule has 1 aromatic rings. The van der Waals surface area contributed by atoms with Gasteiger partial charge in [0.15, 0.2) is 0 Å². The Balaban J connectivity index is 2.66. The second kappa shape index (κ2) is 7.65. The van der Waals surface area contributed by atoms with Crippen LogP contribution in [-0.4, -0.2) is 42.5 Å². The molecule has 1 atom stereocenters. The monoisotopic (exact) mass is 278 g/mol. The Morgan fingerprint density at radius 3 is 2.60 bits per heavy atom. The van der Waals surface area contributed by atoms with Gasteiger partial charge < -0.3 is 10.4 Å². The molecule has 0 radical (unpaired) electrons. The molecular formula is C15H22N2O3. The van der Waals surface area contributed by atoms with Gasteiger partial charge in [-0.25, -0.2) is 0 Å². The van der Waals surface area contributed by atoms with Crippen LogP contribution in [0.4, 0.5) is 0 Å². The van der Waals surface area contributed by atoms with Crippen molar-refractivity contribution >= 4 is 11.9 Å². The van der Waals surface area contributed by atoms with Gasteiger partial charge >= 0.3 is 5.97 Å². The van der Waals surface area contributed by atoms with Gasteiger partial charge in [0.25, 0.3) is 0 Å². The number of carbonyl (C=O) groups excluding carboxylic acids is 1. The normalized spacial score (nSPS) is 12.2. The maximum atomic E-state index is 12.2. The summed E-state index contributed by atoms with van der Waals surface area (Å²) in [5.74, 6) is -0.951. The van der Waals surface area contributed by atoms with Crippen LogP contribution in [0.2, 0.25) is 0 Å². The first-order chi connectivity index (χ1) is 9.41. The van der Waals surface area contributed by atoms with E-state index in [1.54, 1.807) is 0 Å². The third-order valence-electron chi connectivity index (χ3n) is 2.99. The van der Waals surface area contributed by atoms with Gasteiger partial charge in [-0.15, -0.1) is 0 Å². The molecule has 0 heterocycles. The molecule has 0 fully saturated rings. The molecule has 5 heteroatoms. The number of carboxylic acid groups (broad SMARTS) is 1. The first-order valence-corrected chi connectivity index (χ1v) is 6.64. The van der Waals surface area contributed by atoms with Crippen LogP contribution in [0.5, 0.6) is 0 Å². The number of rotatable bonds is 7. The molecule has 1 aromatic carbocycles. The van der Waals surface area contributed by atoms with Crippen molar-refractivity contribution in [2.45, 2.75) is 25.8 Å². The van der Waals surface area contributed by atoms with E-state index < -0.39 is 5.97 Å². The highest BCUT2D eigenvalue weighted by atomic mass is 16.4. The molecule has 0 bridgehead atoms. The number of nitrogens with one attached hydrogen (secondary N) is 1. The second-order valence-electron chi connectivity index (χ2n) is 5.07. The van der Waals surface area contributed by atoms with E-state index in [1.807, 2.05) is 50.2 Å². The molecule has 20 heavy (non-hydrogen) atoms. The number of aliphatic carboxylic acids is 1. The number of hydrogen-bond donors (Lipinski definition) is 2. The van der Waals surface area contributed by atoms with E-state index in [-0.39, 0.29) is 18.4 Å². The minimum atomic E-state index is -0.845. The van der Waals surface area contributed by atoms with Crippen molar-refractivity contribution in [2.24, 2.45) is 0 Å². The van der Waals surface area contributed by atoms with Crippen molar-refractivity contribution in [1.82, 2.24) is 10.2 Å². The van der Waals surface area contributed by atoms with Gasteiger partial charge in [0.2, 0.25) is 5.91 Å². The highest BCUT2D eigenvalue weighted by molar-refractivity contribution is 5.83. The number of nitrogens with zero attached hydrogens (tertiary/aromatic N) is 1. The fraction of sp³-hybridized carbons (Fsp3) is 0.467. The van der Waals surface area contributed by atoms with Gasteiger partial charge in [0, 0.05) is 13.0 Å². The van der Waals surface area contributed by atoms with Gasteiger partial charge in [0.05, 0.1) is 0 Å². The molecule has 1 unspecified atom stereocenters. The number of carbonyl (C=O) groups is 2. The van der Waals surface area contributed by atoms with Crippen molar-refractivity contribution in [2.75, 3.05) is 20.6 Å². The summed E-state index contributed by atoms with van der Waals surface area (Å²) in [6, 6.07) is 7.47. The second-order valence-corrected chi connectivity index (χ2v) is 5.07. The highest BCUT2D eigenvalue weighted by Gasteiger charge is 2.22. The van der Waals surface area contributed by atoms with Crippen LogP contribution in [-0.2, 0) is 9.59 Å². The summed E-state index contributed by atoms with van der Waals surface area (Å²) in [6.45, 7) is 2.36. The van der Waals surface area contributed by atoms with Crippen LogP contribution >= 0.6 is 0 Å². The minimum Gasteiger partial charge on any atom is -0.481 e. The van der Waals surface area contributed by atoms with Crippen LogP contribution < -0.4 is 5.32 Å². The summed E-state index contributed by atoms with van der Waals surface area (Å²) in [6.07, 6.45) is 0.506. The number of carboxylic acids is 1. The molecule has 0 saturated carbocycles. The molecule has 0 saturated heterocycles. The Morgan fingerprint density at radius 1 is 1.35 bits per heavy atom. The van der Waals surface area contributed by atoms with Crippen molar-refractivity contribution in [3.63, 3.8) is 0 Å². The van der Waals surface area contributed by atoms with Crippen molar-refractivity contribution in [3.8, 4) is 0 Å². The molecule has 5 nitrogen and oxygen atoms in total. The van der Waals surface area contributed by atoms with Crippen molar-refractivity contribution in [1.29, 1.82) is 0 Å². The Bertz CT molecular complexity index is 472. The quantitative estimate of drug-likeness (QED) is 0.743. The fourth-order valence-corrected chi connectivity index (χ4v) is 2.07. The molecule has 1 amide bonds. The molecule has 0 spiro atoms. The lowest BCUT2D eigenvalue weighted by atomic mass is 10.0. The number of amides is 1. The van der Waals surface area contributed by atoms with E-state index in [0.717, 1.165) is 11.1 Å². The Kier molecular flexibility index (Phi) is 6.18. The van der Waals surface area contributed by atoms with E-state index in [2.05, 4.69) is 5.32 Å². The average Bonchev–Trinajstić information content (AvgIpc) is 2.34. The largest absolute Gasteiger partial charge is 0.481 e. The van der Waals surface area contributed by atoms with E-state index in [9.17, 15) is 9.59 Å². The fourth-order valence-electron chi connectivity index (χ4n) is 2.07. The molecule has 0 aromatic heterocycles. The number of benzene rings is 1. The zero-order chi connectivity index (χ0) is 15.1. The van der Waals surface area contributed by atoms with Crippen LogP contribution in [0.15, 0.2) is 24.3 Å². The van der Waals surface area contributed by atoms with Crippen molar-refractivity contribution in [3.05, 3.63) is 35.4 Å². The van der Waals surface area contributed by atoms with E-state index in [1.165, 1.54) is 0 Å². The number of hydrogen-bond acceptors (Lipinski definition) is 3. The molecule has 2 N–H and O–H groups in total. The molecule has 0 aliphatic heterocycles. The molecule has 1 rings (SSSR count). The zero-order valence-corrected chi connectivity index (χ0v) is 12.2. The van der Waals surface area contributed by atoms with Gasteiger partial charge in [-0.05, 0) is 33.0 Å². The Hall–Kier alpha value is -1.88. The predicted molar refractivity (Wildman–Crippen MR) is 77.5 cm³/mol. The third kappa shape index (κ3) is 5.01. The van der Waals surface area contributed by atoms with E-state index in [4.69, 9.17) is 5.11 Å². The van der Waals surface area contributed by atoms with Gasteiger partial charge in [0.1, 0.15) is 6.04 Å². The predicted octanol–water partition coefficient (Wildman–Crippen LogP) is 1.58. The third-order valence-corrected chi connectivity index (χ3v) is 2.99. The maximum absolute atomic E-state index is 12.2. The lowest BCUT2D eigenvalue weighted by Gasteiger charge is -2.24. The van der Waals surface area contributed by atoms with Crippen LogP contribution in [0.25, 0.3) is 0 Å². The summed E-state index contributed by atoms with van der Waals surface area (Å²) in [5.41, 5.74) is 2.04. The Labute approximate surface area is 119 Å². The SMILES string of the molecule is Cc1cccc(C(C(=O)NCCCC(=O)O)N(C)C)c1. The highest BCUT2D eigenvalue weighted by Crippen LogP contribution is 2.19. The first kappa shape index (κ1) is 16.2. The number of aryl methyl sites for hydroxylation is 1. The summed E-state index contributed by atoms with van der Waals surface area (Å²) >= 11 is 0. The van der Waals surface area contributed by atoms with Crippen LogP contribution in [0.1, 0.15) is 30.0 Å². The summed E-state index contributed by atoms with van der Waals surface area (Å²) < 4.78 is 0. The lowest BCUT2D eigenvalue weighted by Crippen LogP contribution is -2.37. The smallest absolute Gasteiger partial charge is 0.303 e. The average molecular weight is 278 g/mol. The standard InChI is InChI=1S/C15H22N2O3/c1-11-6-4-7-12(10-11)14(17(2)3)15(20)16-9-5-8-13(18)19/h4,6-7,10,14H,5,8-9H2,1-3H3,(H,16,20)(H,18,19). The lowest BCUT2D eigenvalue weighted by molar-refractivity contribution is -0.137. The maximum Gasteiger partial charge on any atom is 0.303 e. The molecule has 0 aliphatic carbocycles. The molecular weight excluding hydrogens is 256 g/mol. The summed E-state index contributed by atoms with van der Waals surface area (Å²) in [4.78, 5) is 24.5. The van der Waals surface area contributed by atoms with Gasteiger partial charge in [-0.2, -0.15) is 0 Å². The zero-order valence-electron chi connectivity index (χ0n) is 12.2. The van der Waals surface area contributed by atoms with Gasteiger partial charge in [-0.1, -0.05) is 29.8 Å². The first-order valence-electron chi connectivity index (χ1n) is 6.64. The molecule has 110 valence electrons. The van der Waals surface area contributed by atoms with Crippen molar-refractivity contribution < 1.29 is 14.7 Å². The Morgan fingerprint density at radius 2 is 2.05 bits per heavy atom. The topological polar surface area (TPSA) is 69.6 Å².